The smallest absolute Gasteiger partial charge is 0.131 e. The van der Waals surface area contributed by atoms with Crippen molar-refractivity contribution < 1.29 is 4.74 Å². The molecule has 0 aliphatic heterocycles. The highest BCUT2D eigenvalue weighted by atomic mass is 16.5. The highest BCUT2D eigenvalue weighted by Crippen LogP contribution is 2.34. The van der Waals surface area contributed by atoms with Crippen LogP contribution in [0.25, 0.3) is 0 Å². The van der Waals surface area contributed by atoms with Crippen molar-refractivity contribution in [1.82, 2.24) is 9.97 Å². The molecule has 0 aromatic carbocycles. The summed E-state index contributed by atoms with van der Waals surface area (Å²) in [5.41, 5.74) is 0.0172. The van der Waals surface area contributed by atoms with Crippen LogP contribution in [0.1, 0.15) is 26.2 Å². The second-order valence-electron chi connectivity index (χ2n) is 4.41. The van der Waals surface area contributed by atoms with E-state index in [1.807, 2.05) is 13.0 Å². The molecular weight excluding hydrogens is 216 g/mol. The van der Waals surface area contributed by atoms with Gasteiger partial charge in [-0.05, 0) is 26.2 Å². The molecule has 94 valence electrons. The van der Waals surface area contributed by atoms with Gasteiger partial charge >= 0.3 is 0 Å². The van der Waals surface area contributed by atoms with E-state index >= 15 is 0 Å². The van der Waals surface area contributed by atoms with Crippen LogP contribution >= 0.6 is 0 Å². The third-order valence-corrected chi connectivity index (χ3v) is 3.31. The Morgan fingerprint density at radius 1 is 1.29 bits per heavy atom. The Morgan fingerprint density at radius 2 is 2.00 bits per heavy atom. The van der Waals surface area contributed by atoms with Crippen LogP contribution in [0.3, 0.4) is 0 Å². The summed E-state index contributed by atoms with van der Waals surface area (Å²) in [4.78, 5) is 8.33. The SMILES string of the molecule is CCNc1cc(NCC2(OC)CCC2)ncn1. The van der Waals surface area contributed by atoms with Gasteiger partial charge in [0.15, 0.2) is 0 Å². The van der Waals surface area contributed by atoms with E-state index in [1.54, 1.807) is 13.4 Å². The third-order valence-electron chi connectivity index (χ3n) is 3.31. The van der Waals surface area contributed by atoms with Crippen LogP contribution in [0.15, 0.2) is 12.4 Å². The number of rotatable bonds is 6. The molecule has 0 bridgehead atoms. The minimum Gasteiger partial charge on any atom is -0.376 e. The van der Waals surface area contributed by atoms with Crippen LogP contribution in [-0.4, -0.2) is 35.8 Å². The van der Waals surface area contributed by atoms with Gasteiger partial charge in [0.2, 0.25) is 0 Å². The highest BCUT2D eigenvalue weighted by molar-refractivity contribution is 5.46. The molecule has 1 aromatic rings. The van der Waals surface area contributed by atoms with Gasteiger partial charge in [0, 0.05) is 26.3 Å². The number of nitrogens with zero attached hydrogens (tertiary/aromatic N) is 2. The molecule has 1 fully saturated rings. The van der Waals surface area contributed by atoms with Crippen molar-refractivity contribution in [2.24, 2.45) is 0 Å². The second-order valence-corrected chi connectivity index (χ2v) is 4.41. The zero-order chi connectivity index (χ0) is 12.1. The topological polar surface area (TPSA) is 59.1 Å². The quantitative estimate of drug-likeness (QED) is 0.790. The average Bonchev–Trinajstić information content (AvgIpc) is 2.29. The molecule has 2 rings (SSSR count). The summed E-state index contributed by atoms with van der Waals surface area (Å²) in [5, 5.41) is 6.49. The zero-order valence-corrected chi connectivity index (χ0v) is 10.5. The summed E-state index contributed by atoms with van der Waals surface area (Å²) >= 11 is 0. The van der Waals surface area contributed by atoms with E-state index in [1.165, 1.54) is 6.42 Å². The fourth-order valence-electron chi connectivity index (χ4n) is 2.01. The first-order valence-corrected chi connectivity index (χ1v) is 6.13. The summed E-state index contributed by atoms with van der Waals surface area (Å²) in [7, 11) is 1.78. The fourth-order valence-corrected chi connectivity index (χ4v) is 2.01. The van der Waals surface area contributed by atoms with Crippen LogP contribution in [-0.2, 0) is 4.74 Å². The van der Waals surface area contributed by atoms with E-state index in [0.29, 0.717) is 0 Å². The first kappa shape index (κ1) is 12.1. The first-order chi connectivity index (χ1) is 8.28. The van der Waals surface area contributed by atoms with Gasteiger partial charge in [-0.25, -0.2) is 9.97 Å². The fraction of sp³-hybridized carbons (Fsp3) is 0.667. The van der Waals surface area contributed by atoms with Crippen molar-refractivity contribution in [3.63, 3.8) is 0 Å². The Balaban J connectivity index is 1.92. The molecule has 5 heteroatoms. The van der Waals surface area contributed by atoms with E-state index < -0.39 is 0 Å². The molecule has 0 radical (unpaired) electrons. The molecule has 1 heterocycles. The Morgan fingerprint density at radius 3 is 2.53 bits per heavy atom. The van der Waals surface area contributed by atoms with E-state index in [9.17, 15) is 0 Å². The Labute approximate surface area is 102 Å². The lowest BCUT2D eigenvalue weighted by molar-refractivity contribution is -0.0601. The maximum atomic E-state index is 5.55. The lowest BCUT2D eigenvalue weighted by Crippen LogP contribution is -2.45. The van der Waals surface area contributed by atoms with Gasteiger partial charge in [0.1, 0.15) is 18.0 Å². The number of hydrogen-bond donors (Lipinski definition) is 2. The van der Waals surface area contributed by atoms with Crippen LogP contribution in [0.2, 0.25) is 0 Å². The molecule has 1 aliphatic rings. The van der Waals surface area contributed by atoms with Crippen LogP contribution in [0.4, 0.5) is 11.6 Å². The summed E-state index contributed by atoms with van der Waals surface area (Å²) in [6.07, 6.45) is 5.08. The first-order valence-electron chi connectivity index (χ1n) is 6.13. The number of nitrogens with one attached hydrogen (secondary N) is 2. The van der Waals surface area contributed by atoms with Crippen LogP contribution < -0.4 is 10.6 Å². The minimum atomic E-state index is 0.0172. The van der Waals surface area contributed by atoms with Crippen molar-refractivity contribution >= 4 is 11.6 Å². The lowest BCUT2D eigenvalue weighted by Gasteiger charge is -2.40. The van der Waals surface area contributed by atoms with Gasteiger partial charge in [-0.15, -0.1) is 0 Å². The molecular formula is C12H20N4O. The number of hydrogen-bond acceptors (Lipinski definition) is 5. The van der Waals surface area contributed by atoms with Crippen LogP contribution in [0, 0.1) is 0 Å². The molecule has 1 aliphatic carbocycles. The zero-order valence-electron chi connectivity index (χ0n) is 10.5. The van der Waals surface area contributed by atoms with E-state index in [-0.39, 0.29) is 5.60 Å². The predicted molar refractivity (Wildman–Crippen MR) is 68.3 cm³/mol. The normalized spacial score (nSPS) is 17.3. The number of anilines is 2. The maximum Gasteiger partial charge on any atom is 0.131 e. The summed E-state index contributed by atoms with van der Waals surface area (Å²) in [5.74, 6) is 1.70. The lowest BCUT2D eigenvalue weighted by atomic mass is 9.80. The molecule has 0 unspecified atom stereocenters. The molecule has 0 saturated heterocycles. The van der Waals surface area contributed by atoms with Crippen molar-refractivity contribution in [2.45, 2.75) is 31.8 Å². The molecule has 0 atom stereocenters. The van der Waals surface area contributed by atoms with Crippen molar-refractivity contribution in [1.29, 1.82) is 0 Å². The molecule has 5 nitrogen and oxygen atoms in total. The minimum absolute atomic E-state index is 0.0172. The summed E-state index contributed by atoms with van der Waals surface area (Å²) in [6.45, 7) is 3.72. The van der Waals surface area contributed by atoms with Crippen molar-refractivity contribution in [2.75, 3.05) is 30.8 Å². The van der Waals surface area contributed by atoms with Crippen LogP contribution in [0.5, 0.6) is 0 Å². The Bertz CT molecular complexity index is 360. The van der Waals surface area contributed by atoms with E-state index in [4.69, 9.17) is 4.74 Å². The molecule has 2 N–H and O–H groups in total. The summed E-state index contributed by atoms with van der Waals surface area (Å²) in [6, 6.07) is 1.92. The Kier molecular flexibility index (Phi) is 3.78. The molecule has 1 aromatic heterocycles. The maximum absolute atomic E-state index is 5.55. The standard InChI is InChI=1S/C12H20N4O/c1-3-13-10-7-11(16-9-15-10)14-8-12(17-2)5-4-6-12/h7,9H,3-6,8H2,1-2H3,(H2,13,14,15,16). The van der Waals surface area contributed by atoms with Crippen molar-refractivity contribution in [3.05, 3.63) is 12.4 Å². The van der Waals surface area contributed by atoms with Gasteiger partial charge in [-0.3, -0.25) is 0 Å². The molecule has 0 amide bonds. The largest absolute Gasteiger partial charge is 0.376 e. The average molecular weight is 236 g/mol. The molecule has 0 spiro atoms. The monoisotopic (exact) mass is 236 g/mol. The van der Waals surface area contributed by atoms with E-state index in [0.717, 1.165) is 37.6 Å². The van der Waals surface area contributed by atoms with Gasteiger partial charge in [0.25, 0.3) is 0 Å². The van der Waals surface area contributed by atoms with Gasteiger partial charge < -0.3 is 15.4 Å². The molecule has 17 heavy (non-hydrogen) atoms. The molecule has 1 saturated carbocycles. The van der Waals surface area contributed by atoms with Gasteiger partial charge in [-0.1, -0.05) is 0 Å². The van der Waals surface area contributed by atoms with Crippen molar-refractivity contribution in [3.8, 4) is 0 Å². The Hall–Kier alpha value is -1.36. The third kappa shape index (κ3) is 2.85. The number of ether oxygens (including phenoxy) is 1. The number of aromatic nitrogens is 2. The van der Waals surface area contributed by atoms with Gasteiger partial charge in [0.05, 0.1) is 5.60 Å². The van der Waals surface area contributed by atoms with E-state index in [2.05, 4.69) is 20.6 Å². The second kappa shape index (κ2) is 5.31. The van der Waals surface area contributed by atoms with Gasteiger partial charge in [-0.2, -0.15) is 0 Å². The number of methoxy groups -OCH3 is 1. The summed E-state index contributed by atoms with van der Waals surface area (Å²) < 4.78 is 5.55. The predicted octanol–water partition coefficient (Wildman–Crippen LogP) is 1.89. The highest BCUT2D eigenvalue weighted by Gasteiger charge is 2.36.